The van der Waals surface area contributed by atoms with E-state index in [0.717, 1.165) is 31.5 Å². The average molecular weight is 258 g/mol. The van der Waals surface area contributed by atoms with Crippen molar-refractivity contribution in [3.05, 3.63) is 35.9 Å². The highest BCUT2D eigenvalue weighted by atomic mass is 16.3. The third kappa shape index (κ3) is 3.79. The van der Waals surface area contributed by atoms with E-state index in [4.69, 9.17) is 5.11 Å². The van der Waals surface area contributed by atoms with E-state index in [1.807, 2.05) is 30.3 Å². The molecule has 0 radical (unpaired) electrons. The highest BCUT2D eigenvalue weighted by Gasteiger charge is 2.25. The minimum absolute atomic E-state index is 0.0690. The summed E-state index contributed by atoms with van der Waals surface area (Å²) in [5.74, 6) is -0.0690. The summed E-state index contributed by atoms with van der Waals surface area (Å²) in [6, 6.07) is 12.9. The van der Waals surface area contributed by atoms with Crippen LogP contribution in [0.4, 0.5) is 0 Å². The van der Waals surface area contributed by atoms with E-state index in [1.165, 1.54) is 12.8 Å². The van der Waals surface area contributed by atoms with Crippen LogP contribution in [-0.4, -0.2) is 35.7 Å². The van der Waals surface area contributed by atoms with Crippen LogP contribution in [0.15, 0.2) is 30.3 Å². The molecule has 1 aromatic carbocycles. The third-order valence-electron chi connectivity index (χ3n) is 3.99. The molecule has 3 nitrogen and oxygen atoms in total. The number of hydrogen-bond donors (Lipinski definition) is 1. The number of likely N-dealkylation sites (tertiary alicyclic amines) is 1. The molecule has 1 aromatic rings. The first kappa shape index (κ1) is 14.0. The van der Waals surface area contributed by atoms with Gasteiger partial charge in [-0.05, 0) is 31.4 Å². The summed E-state index contributed by atoms with van der Waals surface area (Å²) < 4.78 is 0. The number of nitrogens with zero attached hydrogens (tertiary/aromatic N) is 2. The second kappa shape index (κ2) is 7.28. The van der Waals surface area contributed by atoms with Crippen LogP contribution in [0.3, 0.4) is 0 Å². The third-order valence-corrected chi connectivity index (χ3v) is 3.99. The van der Waals surface area contributed by atoms with Crippen molar-refractivity contribution in [1.82, 2.24) is 4.90 Å². The van der Waals surface area contributed by atoms with Crippen LogP contribution >= 0.6 is 0 Å². The molecule has 19 heavy (non-hydrogen) atoms. The van der Waals surface area contributed by atoms with Crippen molar-refractivity contribution in [2.75, 3.05) is 19.7 Å². The molecule has 0 amide bonds. The van der Waals surface area contributed by atoms with E-state index < -0.39 is 0 Å². The van der Waals surface area contributed by atoms with Crippen molar-refractivity contribution in [2.24, 2.45) is 0 Å². The van der Waals surface area contributed by atoms with Crippen LogP contribution in [0.1, 0.15) is 37.2 Å². The Labute approximate surface area is 115 Å². The lowest BCUT2D eigenvalue weighted by molar-refractivity contribution is 0.117. The Hall–Kier alpha value is -1.37. The first-order valence-electron chi connectivity index (χ1n) is 7.14. The molecular weight excluding hydrogens is 236 g/mol. The highest BCUT2D eigenvalue weighted by Crippen LogP contribution is 2.24. The predicted molar refractivity (Wildman–Crippen MR) is 75.7 cm³/mol. The zero-order valence-electron chi connectivity index (χ0n) is 11.3. The Morgan fingerprint density at radius 2 is 2.11 bits per heavy atom. The summed E-state index contributed by atoms with van der Waals surface area (Å²) in [7, 11) is 0. The van der Waals surface area contributed by atoms with Crippen LogP contribution in [0.2, 0.25) is 0 Å². The summed E-state index contributed by atoms with van der Waals surface area (Å²) in [6.07, 6.45) is 4.42. The van der Waals surface area contributed by atoms with Gasteiger partial charge in [0.2, 0.25) is 0 Å². The number of benzene rings is 1. The van der Waals surface area contributed by atoms with Gasteiger partial charge in [-0.3, -0.25) is 4.90 Å². The molecule has 2 rings (SSSR count). The van der Waals surface area contributed by atoms with Gasteiger partial charge < -0.3 is 5.11 Å². The Morgan fingerprint density at radius 1 is 1.32 bits per heavy atom. The van der Waals surface area contributed by atoms with Crippen LogP contribution in [0, 0.1) is 11.3 Å². The van der Waals surface area contributed by atoms with E-state index in [-0.39, 0.29) is 12.5 Å². The summed E-state index contributed by atoms with van der Waals surface area (Å²) in [6.45, 7) is 2.07. The molecule has 1 saturated heterocycles. The van der Waals surface area contributed by atoms with Gasteiger partial charge in [-0.2, -0.15) is 5.26 Å². The standard InChI is InChI=1S/C16H22N2O/c17-12-15(14-6-2-1-3-7-14)13-18-10-5-4-8-16(18)9-11-19/h1-3,6-7,15-16,19H,4-5,8-11,13H2. The lowest BCUT2D eigenvalue weighted by Crippen LogP contribution is -2.42. The van der Waals surface area contributed by atoms with Crippen molar-refractivity contribution in [1.29, 1.82) is 5.26 Å². The molecule has 1 aliphatic heterocycles. The van der Waals surface area contributed by atoms with Crippen LogP contribution in [-0.2, 0) is 0 Å². The lowest BCUT2D eigenvalue weighted by Gasteiger charge is -2.36. The zero-order valence-corrected chi connectivity index (χ0v) is 11.3. The minimum Gasteiger partial charge on any atom is -0.396 e. The minimum atomic E-state index is -0.0690. The van der Waals surface area contributed by atoms with Gasteiger partial charge in [0.15, 0.2) is 0 Å². The van der Waals surface area contributed by atoms with Crippen LogP contribution in [0.25, 0.3) is 0 Å². The molecule has 1 aliphatic rings. The normalized spacial score (nSPS) is 21.8. The Bertz CT molecular complexity index is 411. The first-order valence-corrected chi connectivity index (χ1v) is 7.14. The molecule has 1 fully saturated rings. The van der Waals surface area contributed by atoms with Crippen molar-refractivity contribution in [3.8, 4) is 6.07 Å². The van der Waals surface area contributed by atoms with Gasteiger partial charge in [0, 0.05) is 19.2 Å². The van der Waals surface area contributed by atoms with Gasteiger partial charge in [0.05, 0.1) is 12.0 Å². The molecule has 0 aromatic heterocycles. The largest absolute Gasteiger partial charge is 0.396 e. The number of piperidine rings is 1. The fraction of sp³-hybridized carbons (Fsp3) is 0.562. The summed E-state index contributed by atoms with van der Waals surface area (Å²) >= 11 is 0. The molecule has 1 N–H and O–H groups in total. The Balaban J connectivity index is 2.03. The zero-order chi connectivity index (χ0) is 13.5. The lowest BCUT2D eigenvalue weighted by atomic mass is 9.95. The molecule has 1 heterocycles. The number of aliphatic hydroxyl groups is 1. The van der Waals surface area contributed by atoms with E-state index in [2.05, 4.69) is 11.0 Å². The molecule has 0 bridgehead atoms. The van der Waals surface area contributed by atoms with Gasteiger partial charge in [-0.1, -0.05) is 36.8 Å². The van der Waals surface area contributed by atoms with Gasteiger partial charge in [-0.25, -0.2) is 0 Å². The molecule has 2 unspecified atom stereocenters. The van der Waals surface area contributed by atoms with E-state index in [9.17, 15) is 5.26 Å². The highest BCUT2D eigenvalue weighted by molar-refractivity contribution is 5.25. The van der Waals surface area contributed by atoms with Gasteiger partial charge >= 0.3 is 0 Å². The van der Waals surface area contributed by atoms with E-state index in [1.54, 1.807) is 0 Å². The van der Waals surface area contributed by atoms with Crippen molar-refractivity contribution < 1.29 is 5.11 Å². The van der Waals surface area contributed by atoms with Crippen molar-refractivity contribution in [2.45, 2.75) is 37.6 Å². The maximum atomic E-state index is 9.40. The molecule has 0 spiro atoms. The summed E-state index contributed by atoms with van der Waals surface area (Å²) in [4.78, 5) is 2.39. The summed E-state index contributed by atoms with van der Waals surface area (Å²) in [5.41, 5.74) is 1.10. The van der Waals surface area contributed by atoms with Crippen LogP contribution < -0.4 is 0 Å². The Kier molecular flexibility index (Phi) is 5.38. The second-order valence-electron chi connectivity index (χ2n) is 5.25. The topological polar surface area (TPSA) is 47.3 Å². The van der Waals surface area contributed by atoms with Crippen molar-refractivity contribution >= 4 is 0 Å². The average Bonchev–Trinajstić information content (AvgIpc) is 2.47. The number of nitriles is 1. The maximum absolute atomic E-state index is 9.40. The summed E-state index contributed by atoms with van der Waals surface area (Å²) in [5, 5.41) is 18.6. The van der Waals surface area contributed by atoms with E-state index >= 15 is 0 Å². The number of aliphatic hydroxyl groups excluding tert-OH is 1. The van der Waals surface area contributed by atoms with Gasteiger partial charge in [0.25, 0.3) is 0 Å². The number of hydrogen-bond acceptors (Lipinski definition) is 3. The van der Waals surface area contributed by atoms with Crippen LogP contribution in [0.5, 0.6) is 0 Å². The predicted octanol–water partition coefficient (Wildman–Crippen LogP) is 2.53. The smallest absolute Gasteiger partial charge is 0.0839 e. The SMILES string of the molecule is N#CC(CN1CCCCC1CCO)c1ccccc1. The fourth-order valence-electron chi connectivity index (χ4n) is 2.92. The molecule has 0 saturated carbocycles. The maximum Gasteiger partial charge on any atom is 0.0839 e. The Morgan fingerprint density at radius 3 is 2.79 bits per heavy atom. The first-order chi connectivity index (χ1) is 9.35. The molecule has 0 aliphatic carbocycles. The number of rotatable bonds is 5. The monoisotopic (exact) mass is 258 g/mol. The van der Waals surface area contributed by atoms with Crippen molar-refractivity contribution in [3.63, 3.8) is 0 Å². The molecule has 2 atom stereocenters. The molecular formula is C16H22N2O. The molecule has 3 heteroatoms. The van der Waals surface area contributed by atoms with Gasteiger partial charge in [-0.15, -0.1) is 0 Å². The molecule has 102 valence electrons. The second-order valence-corrected chi connectivity index (χ2v) is 5.25. The fourth-order valence-corrected chi connectivity index (χ4v) is 2.92. The van der Waals surface area contributed by atoms with Gasteiger partial charge in [0.1, 0.15) is 0 Å². The van der Waals surface area contributed by atoms with E-state index in [0.29, 0.717) is 6.04 Å². The quantitative estimate of drug-likeness (QED) is 0.883.